The molecular formula is C21H25FN2O2. The number of nitrogens with zero attached hydrogens (tertiary/aromatic N) is 1. The van der Waals surface area contributed by atoms with Gasteiger partial charge in [-0.05, 0) is 79.9 Å². The molecule has 0 spiro atoms. The summed E-state index contributed by atoms with van der Waals surface area (Å²) in [4.78, 5) is 25.3. The van der Waals surface area contributed by atoms with E-state index in [9.17, 15) is 14.0 Å². The molecule has 26 heavy (non-hydrogen) atoms. The summed E-state index contributed by atoms with van der Waals surface area (Å²) in [6.07, 6.45) is 4.29. The van der Waals surface area contributed by atoms with Crippen molar-refractivity contribution in [2.45, 2.75) is 39.5 Å². The van der Waals surface area contributed by atoms with Crippen LogP contribution in [0.4, 0.5) is 4.39 Å². The Kier molecular flexibility index (Phi) is 4.99. The number of carbonyl (C=O) groups is 2. The lowest BCUT2D eigenvalue weighted by molar-refractivity contribution is -0.127. The summed E-state index contributed by atoms with van der Waals surface area (Å²) in [5, 5.41) is 0. The summed E-state index contributed by atoms with van der Waals surface area (Å²) in [7, 11) is 0. The summed E-state index contributed by atoms with van der Waals surface area (Å²) < 4.78 is 14.9. The van der Waals surface area contributed by atoms with Gasteiger partial charge in [0.15, 0.2) is 0 Å². The summed E-state index contributed by atoms with van der Waals surface area (Å²) in [6, 6.07) is 1.30. The highest BCUT2D eigenvalue weighted by Gasteiger charge is 2.29. The van der Waals surface area contributed by atoms with Crippen LogP contribution in [0.1, 0.15) is 53.7 Å². The van der Waals surface area contributed by atoms with Crippen LogP contribution in [0.3, 0.4) is 0 Å². The maximum Gasteiger partial charge on any atom is 0.249 e. The Bertz CT molecular complexity index is 818. The number of carbonyl (C=O) groups excluding carboxylic acids is 2. The van der Waals surface area contributed by atoms with Crippen LogP contribution in [0, 0.1) is 11.7 Å². The number of allylic oxidation sites excluding steroid dienone is 2. The van der Waals surface area contributed by atoms with Gasteiger partial charge in [-0.2, -0.15) is 0 Å². The van der Waals surface area contributed by atoms with Crippen molar-refractivity contribution in [3.63, 3.8) is 0 Å². The molecule has 0 radical (unpaired) electrons. The number of halogens is 1. The van der Waals surface area contributed by atoms with Gasteiger partial charge >= 0.3 is 0 Å². The highest BCUT2D eigenvalue weighted by Crippen LogP contribution is 2.39. The zero-order chi connectivity index (χ0) is 19.0. The van der Waals surface area contributed by atoms with Crippen molar-refractivity contribution in [2.24, 2.45) is 11.7 Å². The van der Waals surface area contributed by atoms with Crippen LogP contribution in [-0.2, 0) is 17.6 Å². The zero-order valence-corrected chi connectivity index (χ0v) is 15.4. The summed E-state index contributed by atoms with van der Waals surface area (Å²) in [6.45, 7) is 8.88. The minimum atomic E-state index is -0.578. The van der Waals surface area contributed by atoms with Crippen molar-refractivity contribution >= 4 is 17.4 Å². The minimum Gasteiger partial charge on any atom is -0.366 e. The number of hydrogen-bond acceptors (Lipinski definition) is 2. The lowest BCUT2D eigenvalue weighted by Gasteiger charge is -2.32. The Hall–Kier alpha value is -2.43. The van der Waals surface area contributed by atoms with E-state index in [0.717, 1.165) is 35.1 Å². The SMILES string of the molecule is C=CC(=O)N1CCC(Cc2c(F)cc(C(N)=O)c3c2C(C)=C(C)C3)CC1. The van der Waals surface area contributed by atoms with Crippen LogP contribution < -0.4 is 5.73 Å². The molecule has 0 bridgehead atoms. The van der Waals surface area contributed by atoms with Crippen molar-refractivity contribution in [1.29, 1.82) is 0 Å². The van der Waals surface area contributed by atoms with Gasteiger partial charge in [0.05, 0.1) is 0 Å². The van der Waals surface area contributed by atoms with Gasteiger partial charge in [-0.15, -0.1) is 0 Å². The lowest BCUT2D eigenvalue weighted by atomic mass is 9.85. The van der Waals surface area contributed by atoms with Gasteiger partial charge in [0.1, 0.15) is 5.82 Å². The third-order valence-corrected chi connectivity index (χ3v) is 5.80. The molecule has 2 amide bonds. The van der Waals surface area contributed by atoms with Crippen molar-refractivity contribution in [1.82, 2.24) is 4.90 Å². The first-order valence-corrected chi connectivity index (χ1v) is 9.05. The number of amides is 2. The standard InChI is InChI=1S/C21H25FN2O2/c1-4-19(25)24-7-5-14(6-8-24)10-17-18(22)11-16(21(23)26)15-9-12(2)13(3)20(15)17/h4,11,14H,1,5-10H2,2-3H3,(H2,23,26). The highest BCUT2D eigenvalue weighted by molar-refractivity contribution is 5.97. The molecule has 3 rings (SSSR count). The lowest BCUT2D eigenvalue weighted by Crippen LogP contribution is -2.38. The predicted octanol–water partition coefficient (Wildman–Crippen LogP) is 3.24. The van der Waals surface area contributed by atoms with Crippen molar-refractivity contribution in [3.05, 3.63) is 52.4 Å². The monoisotopic (exact) mass is 356 g/mol. The molecule has 1 heterocycles. The van der Waals surface area contributed by atoms with Crippen LogP contribution in [-0.4, -0.2) is 29.8 Å². The average molecular weight is 356 g/mol. The van der Waals surface area contributed by atoms with Gasteiger partial charge < -0.3 is 10.6 Å². The third-order valence-electron chi connectivity index (χ3n) is 5.80. The van der Waals surface area contributed by atoms with E-state index in [4.69, 9.17) is 5.73 Å². The molecule has 1 fully saturated rings. The number of hydrogen-bond donors (Lipinski definition) is 1. The Morgan fingerprint density at radius 2 is 2.00 bits per heavy atom. The van der Waals surface area contributed by atoms with Gasteiger partial charge in [0, 0.05) is 18.7 Å². The maximum absolute atomic E-state index is 14.9. The molecule has 0 aromatic heterocycles. The number of primary amides is 1. The Morgan fingerprint density at radius 3 is 2.58 bits per heavy atom. The molecule has 0 saturated carbocycles. The number of benzene rings is 1. The van der Waals surface area contributed by atoms with E-state index in [1.54, 1.807) is 4.90 Å². The normalized spacial score (nSPS) is 17.4. The molecule has 138 valence electrons. The number of rotatable bonds is 4. The Morgan fingerprint density at radius 1 is 1.35 bits per heavy atom. The average Bonchev–Trinajstić information content (AvgIpc) is 2.92. The number of piperidine rings is 1. The Labute approximate surface area is 153 Å². The van der Waals surface area contributed by atoms with E-state index < -0.39 is 5.91 Å². The first-order valence-electron chi connectivity index (χ1n) is 9.05. The minimum absolute atomic E-state index is 0.0456. The molecule has 2 N–H and O–H groups in total. The summed E-state index contributed by atoms with van der Waals surface area (Å²) in [5.41, 5.74) is 10.4. The van der Waals surface area contributed by atoms with Crippen molar-refractivity contribution in [3.8, 4) is 0 Å². The molecule has 4 nitrogen and oxygen atoms in total. The molecule has 1 aromatic rings. The molecule has 1 aromatic carbocycles. The topological polar surface area (TPSA) is 63.4 Å². The molecule has 1 saturated heterocycles. The van der Waals surface area contributed by atoms with Crippen molar-refractivity contribution in [2.75, 3.05) is 13.1 Å². The van der Waals surface area contributed by atoms with Crippen LogP contribution in [0.2, 0.25) is 0 Å². The van der Waals surface area contributed by atoms with Gasteiger partial charge in [-0.25, -0.2) is 4.39 Å². The van der Waals surface area contributed by atoms with E-state index in [-0.39, 0.29) is 11.7 Å². The maximum atomic E-state index is 14.9. The second-order valence-electron chi connectivity index (χ2n) is 7.36. The van der Waals surface area contributed by atoms with Gasteiger partial charge in [0.25, 0.3) is 0 Å². The molecule has 1 aliphatic heterocycles. The molecular weight excluding hydrogens is 331 g/mol. The predicted molar refractivity (Wildman–Crippen MR) is 100 cm³/mol. The highest BCUT2D eigenvalue weighted by atomic mass is 19.1. The molecule has 0 unspecified atom stereocenters. The van der Waals surface area contributed by atoms with Crippen LogP contribution in [0.5, 0.6) is 0 Å². The second-order valence-corrected chi connectivity index (χ2v) is 7.36. The zero-order valence-electron chi connectivity index (χ0n) is 15.4. The largest absolute Gasteiger partial charge is 0.366 e. The number of likely N-dealkylation sites (tertiary alicyclic amines) is 1. The van der Waals surface area contributed by atoms with Gasteiger partial charge in [-0.1, -0.05) is 12.2 Å². The first-order chi connectivity index (χ1) is 12.3. The van der Waals surface area contributed by atoms with E-state index in [2.05, 4.69) is 6.58 Å². The molecule has 2 aliphatic rings. The summed E-state index contributed by atoms with van der Waals surface area (Å²) >= 11 is 0. The van der Waals surface area contributed by atoms with Gasteiger partial charge in [0.2, 0.25) is 11.8 Å². The first kappa shape index (κ1) is 18.4. The second kappa shape index (κ2) is 7.06. The fraction of sp³-hybridized carbons (Fsp3) is 0.429. The molecule has 5 heteroatoms. The molecule has 1 aliphatic carbocycles. The van der Waals surface area contributed by atoms with E-state index in [1.807, 2.05) is 13.8 Å². The summed E-state index contributed by atoms with van der Waals surface area (Å²) in [5.74, 6) is -0.659. The quantitative estimate of drug-likeness (QED) is 0.842. The fourth-order valence-corrected chi connectivity index (χ4v) is 4.18. The number of nitrogens with two attached hydrogens (primary N) is 1. The van der Waals surface area contributed by atoms with Crippen LogP contribution in [0.25, 0.3) is 5.57 Å². The van der Waals surface area contributed by atoms with Crippen LogP contribution >= 0.6 is 0 Å². The van der Waals surface area contributed by atoms with Crippen LogP contribution in [0.15, 0.2) is 24.3 Å². The van der Waals surface area contributed by atoms with E-state index in [1.165, 1.54) is 12.1 Å². The smallest absolute Gasteiger partial charge is 0.249 e. The molecule has 0 atom stereocenters. The van der Waals surface area contributed by atoms with Crippen molar-refractivity contribution < 1.29 is 14.0 Å². The van der Waals surface area contributed by atoms with E-state index >= 15 is 0 Å². The van der Waals surface area contributed by atoms with E-state index in [0.29, 0.717) is 43.0 Å². The fourth-order valence-electron chi connectivity index (χ4n) is 4.18. The Balaban J connectivity index is 1.88. The number of fused-ring (bicyclic) bond motifs is 1. The van der Waals surface area contributed by atoms with Gasteiger partial charge in [-0.3, -0.25) is 9.59 Å². The third kappa shape index (κ3) is 3.18.